The van der Waals surface area contributed by atoms with Crippen molar-refractivity contribution in [1.82, 2.24) is 10.6 Å². The molecule has 0 saturated heterocycles. The SMILES string of the molecule is CC(C)C(CNC(=O)CCNC(=O)c1ccoc1)C(=O)O. The van der Waals surface area contributed by atoms with E-state index in [0.717, 1.165) is 0 Å². The van der Waals surface area contributed by atoms with Crippen LogP contribution in [-0.2, 0) is 9.59 Å². The number of hydrogen-bond donors (Lipinski definition) is 3. The molecule has 116 valence electrons. The Labute approximate surface area is 122 Å². The monoisotopic (exact) mass is 296 g/mol. The summed E-state index contributed by atoms with van der Waals surface area (Å²) in [6, 6.07) is 1.52. The van der Waals surface area contributed by atoms with Gasteiger partial charge in [0, 0.05) is 19.5 Å². The average molecular weight is 296 g/mol. The van der Waals surface area contributed by atoms with Gasteiger partial charge in [-0.15, -0.1) is 0 Å². The van der Waals surface area contributed by atoms with Gasteiger partial charge in [-0.1, -0.05) is 13.8 Å². The lowest BCUT2D eigenvalue weighted by Gasteiger charge is -2.16. The Bertz CT molecular complexity index is 482. The standard InChI is InChI=1S/C14H20N2O5/c1-9(2)11(14(19)20)7-16-12(17)3-5-15-13(18)10-4-6-21-8-10/h4,6,8-9,11H,3,5,7H2,1-2H3,(H,15,18)(H,16,17)(H,19,20). The summed E-state index contributed by atoms with van der Waals surface area (Å²) >= 11 is 0. The molecule has 2 amide bonds. The highest BCUT2D eigenvalue weighted by atomic mass is 16.4. The van der Waals surface area contributed by atoms with Crippen molar-refractivity contribution in [2.24, 2.45) is 11.8 Å². The van der Waals surface area contributed by atoms with Crippen LogP contribution in [-0.4, -0.2) is 36.0 Å². The summed E-state index contributed by atoms with van der Waals surface area (Å²) < 4.78 is 4.78. The second kappa shape index (κ2) is 8.08. The van der Waals surface area contributed by atoms with E-state index in [1.54, 1.807) is 13.8 Å². The van der Waals surface area contributed by atoms with E-state index in [1.165, 1.54) is 18.6 Å². The van der Waals surface area contributed by atoms with Crippen molar-refractivity contribution in [2.75, 3.05) is 13.1 Å². The van der Waals surface area contributed by atoms with Crippen LogP contribution in [0.1, 0.15) is 30.6 Å². The molecule has 0 aromatic carbocycles. The van der Waals surface area contributed by atoms with Crippen molar-refractivity contribution in [3.63, 3.8) is 0 Å². The number of amides is 2. The molecule has 21 heavy (non-hydrogen) atoms. The third-order valence-corrected chi connectivity index (χ3v) is 3.06. The molecule has 1 heterocycles. The lowest BCUT2D eigenvalue weighted by atomic mass is 9.96. The Hall–Kier alpha value is -2.31. The lowest BCUT2D eigenvalue weighted by molar-refractivity contribution is -0.143. The molecule has 7 nitrogen and oxygen atoms in total. The Morgan fingerprint density at radius 1 is 1.29 bits per heavy atom. The molecule has 1 aromatic rings. The van der Waals surface area contributed by atoms with E-state index in [4.69, 9.17) is 9.52 Å². The lowest BCUT2D eigenvalue weighted by Crippen LogP contribution is -2.37. The first-order valence-corrected chi connectivity index (χ1v) is 6.71. The Balaban J connectivity index is 2.25. The predicted molar refractivity (Wildman–Crippen MR) is 74.6 cm³/mol. The smallest absolute Gasteiger partial charge is 0.308 e. The number of carboxylic acid groups (broad SMARTS) is 1. The van der Waals surface area contributed by atoms with Gasteiger partial charge >= 0.3 is 5.97 Å². The third-order valence-electron chi connectivity index (χ3n) is 3.06. The van der Waals surface area contributed by atoms with Crippen LogP contribution >= 0.6 is 0 Å². The van der Waals surface area contributed by atoms with Crippen molar-refractivity contribution < 1.29 is 23.9 Å². The van der Waals surface area contributed by atoms with E-state index in [9.17, 15) is 14.4 Å². The highest BCUT2D eigenvalue weighted by Gasteiger charge is 2.21. The maximum atomic E-state index is 11.6. The summed E-state index contributed by atoms with van der Waals surface area (Å²) in [4.78, 5) is 34.1. The molecule has 0 aliphatic heterocycles. The molecule has 1 aromatic heterocycles. The van der Waals surface area contributed by atoms with Crippen molar-refractivity contribution in [1.29, 1.82) is 0 Å². The molecule has 0 bridgehead atoms. The molecule has 0 aliphatic carbocycles. The number of rotatable bonds is 8. The molecule has 0 spiro atoms. The number of carbonyl (C=O) groups excluding carboxylic acids is 2. The fourth-order valence-corrected chi connectivity index (χ4v) is 1.71. The first kappa shape index (κ1) is 16.7. The van der Waals surface area contributed by atoms with Crippen LogP contribution in [0.4, 0.5) is 0 Å². The van der Waals surface area contributed by atoms with Crippen LogP contribution in [0.15, 0.2) is 23.0 Å². The van der Waals surface area contributed by atoms with Gasteiger partial charge in [0.2, 0.25) is 5.91 Å². The Morgan fingerprint density at radius 3 is 2.52 bits per heavy atom. The molecular weight excluding hydrogens is 276 g/mol. The molecule has 0 radical (unpaired) electrons. The molecule has 0 saturated carbocycles. The van der Waals surface area contributed by atoms with Gasteiger partial charge in [-0.3, -0.25) is 14.4 Å². The number of carbonyl (C=O) groups is 3. The fourth-order valence-electron chi connectivity index (χ4n) is 1.71. The van der Waals surface area contributed by atoms with Crippen LogP contribution < -0.4 is 10.6 Å². The summed E-state index contributed by atoms with van der Waals surface area (Å²) in [6.45, 7) is 3.84. The number of carboxylic acids is 1. The van der Waals surface area contributed by atoms with Crippen LogP contribution in [0.5, 0.6) is 0 Å². The molecule has 7 heteroatoms. The molecule has 1 unspecified atom stereocenters. The minimum atomic E-state index is -0.932. The number of nitrogens with one attached hydrogen (secondary N) is 2. The van der Waals surface area contributed by atoms with Crippen molar-refractivity contribution in [2.45, 2.75) is 20.3 Å². The van der Waals surface area contributed by atoms with Gasteiger partial charge < -0.3 is 20.2 Å². The second-order valence-electron chi connectivity index (χ2n) is 5.01. The highest BCUT2D eigenvalue weighted by Crippen LogP contribution is 2.09. The minimum Gasteiger partial charge on any atom is -0.481 e. The van der Waals surface area contributed by atoms with E-state index >= 15 is 0 Å². The molecule has 1 atom stereocenters. The largest absolute Gasteiger partial charge is 0.481 e. The summed E-state index contributed by atoms with van der Waals surface area (Å²) in [7, 11) is 0. The normalized spacial score (nSPS) is 12.0. The molecule has 1 rings (SSSR count). The van der Waals surface area contributed by atoms with Gasteiger partial charge in [0.1, 0.15) is 6.26 Å². The topological polar surface area (TPSA) is 109 Å². The molecule has 0 fully saturated rings. The fraction of sp³-hybridized carbons (Fsp3) is 0.500. The maximum absolute atomic E-state index is 11.6. The quantitative estimate of drug-likeness (QED) is 0.659. The van der Waals surface area contributed by atoms with Crippen molar-refractivity contribution in [3.05, 3.63) is 24.2 Å². The predicted octanol–water partition coefficient (Wildman–Crippen LogP) is 0.872. The van der Waals surface area contributed by atoms with E-state index in [1.807, 2.05) is 0 Å². The van der Waals surface area contributed by atoms with E-state index < -0.39 is 11.9 Å². The van der Waals surface area contributed by atoms with Gasteiger partial charge in [0.25, 0.3) is 5.91 Å². The minimum absolute atomic E-state index is 0.0661. The maximum Gasteiger partial charge on any atom is 0.308 e. The Morgan fingerprint density at radius 2 is 2.00 bits per heavy atom. The zero-order valence-corrected chi connectivity index (χ0v) is 12.1. The molecule has 0 aliphatic rings. The van der Waals surface area contributed by atoms with Crippen LogP contribution in [0.2, 0.25) is 0 Å². The Kier molecular flexibility index (Phi) is 6.45. The summed E-state index contributed by atoms with van der Waals surface area (Å²) in [5.41, 5.74) is 0.390. The zero-order valence-electron chi connectivity index (χ0n) is 12.1. The van der Waals surface area contributed by atoms with E-state index in [-0.39, 0.29) is 37.2 Å². The number of furan rings is 1. The summed E-state index contributed by atoms with van der Waals surface area (Å²) in [5.74, 6) is -2.23. The highest BCUT2D eigenvalue weighted by molar-refractivity contribution is 5.94. The second-order valence-corrected chi connectivity index (χ2v) is 5.01. The summed E-state index contributed by atoms with van der Waals surface area (Å²) in [6.07, 6.45) is 2.79. The van der Waals surface area contributed by atoms with Crippen molar-refractivity contribution >= 4 is 17.8 Å². The zero-order chi connectivity index (χ0) is 15.8. The average Bonchev–Trinajstić information content (AvgIpc) is 2.91. The van der Waals surface area contributed by atoms with E-state index in [0.29, 0.717) is 5.56 Å². The summed E-state index contributed by atoms with van der Waals surface area (Å²) in [5, 5.41) is 14.1. The number of hydrogen-bond acceptors (Lipinski definition) is 4. The first-order chi connectivity index (χ1) is 9.91. The van der Waals surface area contributed by atoms with Crippen molar-refractivity contribution in [3.8, 4) is 0 Å². The molecular formula is C14H20N2O5. The van der Waals surface area contributed by atoms with Gasteiger partial charge in [0.15, 0.2) is 0 Å². The van der Waals surface area contributed by atoms with Gasteiger partial charge in [-0.2, -0.15) is 0 Å². The van der Waals surface area contributed by atoms with Crippen LogP contribution in [0.25, 0.3) is 0 Å². The molecule has 3 N–H and O–H groups in total. The first-order valence-electron chi connectivity index (χ1n) is 6.71. The van der Waals surface area contributed by atoms with Gasteiger partial charge in [-0.05, 0) is 12.0 Å². The van der Waals surface area contributed by atoms with Crippen LogP contribution in [0, 0.1) is 11.8 Å². The van der Waals surface area contributed by atoms with E-state index in [2.05, 4.69) is 10.6 Å². The van der Waals surface area contributed by atoms with Gasteiger partial charge in [-0.25, -0.2) is 0 Å². The van der Waals surface area contributed by atoms with Gasteiger partial charge in [0.05, 0.1) is 17.7 Å². The number of aliphatic carboxylic acids is 1. The third kappa shape index (κ3) is 5.68. The van der Waals surface area contributed by atoms with Crippen LogP contribution in [0.3, 0.4) is 0 Å².